The summed E-state index contributed by atoms with van der Waals surface area (Å²) in [5.74, 6) is 0.324. The van der Waals surface area contributed by atoms with Gasteiger partial charge in [0.1, 0.15) is 13.2 Å². The van der Waals surface area contributed by atoms with Crippen molar-refractivity contribution in [2.24, 2.45) is 0 Å². The van der Waals surface area contributed by atoms with Crippen molar-refractivity contribution in [2.75, 3.05) is 28.4 Å². The molecule has 0 spiro atoms. The summed E-state index contributed by atoms with van der Waals surface area (Å²) in [5.41, 5.74) is 4.01. The number of carbonyl (C=O) groups is 2. The highest BCUT2D eigenvalue weighted by Gasteiger charge is 2.38. The second-order valence-electron chi connectivity index (χ2n) is 10.8. The Labute approximate surface area is 268 Å². The molecular weight excluding hydrogens is 586 g/mol. The second kappa shape index (κ2) is 14.1. The number of carbonyl (C=O) groups excluding carboxylic acids is 2. The van der Waals surface area contributed by atoms with Gasteiger partial charge in [0.15, 0.2) is 23.0 Å². The summed E-state index contributed by atoms with van der Waals surface area (Å²) in [6.07, 6.45) is 0. The molecule has 1 heterocycles. The summed E-state index contributed by atoms with van der Waals surface area (Å²) in [6.45, 7) is 3.58. The van der Waals surface area contributed by atoms with Crippen LogP contribution in [-0.2, 0) is 32.3 Å². The SMILES string of the molecule is COc1ccc(COC(=O)C2=C(C)NC(C)=C(C(=O)OCc3ccc(OC)c(OC)c3)C2c2ccc3ccccc3c2)cc1OC. The predicted octanol–water partition coefficient (Wildman–Crippen LogP) is 6.60. The van der Waals surface area contributed by atoms with Crippen molar-refractivity contribution in [3.63, 3.8) is 0 Å². The summed E-state index contributed by atoms with van der Waals surface area (Å²) in [5, 5.41) is 5.24. The Morgan fingerprint density at radius 3 is 1.54 bits per heavy atom. The molecule has 0 atom stereocenters. The Hall–Kier alpha value is -5.44. The first-order valence-corrected chi connectivity index (χ1v) is 14.7. The number of ether oxygens (including phenoxy) is 6. The van der Waals surface area contributed by atoms with E-state index in [0.717, 1.165) is 27.5 Å². The highest BCUT2D eigenvalue weighted by Crippen LogP contribution is 2.41. The lowest BCUT2D eigenvalue weighted by atomic mass is 9.80. The van der Waals surface area contributed by atoms with Crippen molar-refractivity contribution in [1.82, 2.24) is 5.32 Å². The Kier molecular flexibility index (Phi) is 9.81. The highest BCUT2D eigenvalue weighted by molar-refractivity contribution is 6.00. The molecule has 0 saturated heterocycles. The van der Waals surface area contributed by atoms with Gasteiger partial charge in [-0.25, -0.2) is 9.59 Å². The molecule has 0 aromatic heterocycles. The van der Waals surface area contributed by atoms with Crippen LogP contribution in [0.25, 0.3) is 10.8 Å². The van der Waals surface area contributed by atoms with E-state index in [1.807, 2.05) is 42.5 Å². The van der Waals surface area contributed by atoms with Crippen LogP contribution in [-0.4, -0.2) is 40.4 Å². The average Bonchev–Trinajstić information content (AvgIpc) is 3.08. The fraction of sp³-hybridized carbons (Fsp3) is 0.243. The first-order valence-electron chi connectivity index (χ1n) is 14.7. The number of methoxy groups -OCH3 is 4. The van der Waals surface area contributed by atoms with E-state index in [9.17, 15) is 9.59 Å². The van der Waals surface area contributed by atoms with Crippen molar-refractivity contribution >= 4 is 22.7 Å². The topological polar surface area (TPSA) is 102 Å². The molecular formula is C37H37NO8. The van der Waals surface area contributed by atoms with Crippen LogP contribution in [0.3, 0.4) is 0 Å². The van der Waals surface area contributed by atoms with Gasteiger partial charge in [0.25, 0.3) is 0 Å². The number of nitrogens with one attached hydrogen (secondary N) is 1. The lowest BCUT2D eigenvalue weighted by molar-refractivity contribution is -0.141. The monoisotopic (exact) mass is 623 g/mol. The van der Waals surface area contributed by atoms with Gasteiger partial charge >= 0.3 is 11.9 Å². The van der Waals surface area contributed by atoms with E-state index in [2.05, 4.69) is 5.32 Å². The maximum Gasteiger partial charge on any atom is 0.337 e. The number of dihydropyridines is 1. The van der Waals surface area contributed by atoms with Crippen LogP contribution in [0.1, 0.15) is 36.5 Å². The molecule has 46 heavy (non-hydrogen) atoms. The minimum Gasteiger partial charge on any atom is -0.493 e. The van der Waals surface area contributed by atoms with Crippen LogP contribution < -0.4 is 24.3 Å². The molecule has 1 N–H and O–H groups in total. The Morgan fingerprint density at radius 1 is 0.587 bits per heavy atom. The van der Waals surface area contributed by atoms with Crippen LogP contribution in [0.2, 0.25) is 0 Å². The molecule has 0 unspecified atom stereocenters. The van der Waals surface area contributed by atoms with E-state index in [1.54, 1.807) is 78.7 Å². The molecule has 0 aliphatic carbocycles. The van der Waals surface area contributed by atoms with E-state index in [4.69, 9.17) is 28.4 Å². The van der Waals surface area contributed by atoms with Gasteiger partial charge in [-0.15, -0.1) is 0 Å². The van der Waals surface area contributed by atoms with Gasteiger partial charge < -0.3 is 33.7 Å². The average molecular weight is 624 g/mol. The van der Waals surface area contributed by atoms with Gasteiger partial charge in [-0.2, -0.15) is 0 Å². The normalized spacial score (nSPS) is 13.3. The predicted molar refractivity (Wildman–Crippen MR) is 174 cm³/mol. The van der Waals surface area contributed by atoms with E-state index in [1.165, 1.54) is 0 Å². The molecule has 0 bridgehead atoms. The molecule has 238 valence electrons. The Balaban J connectivity index is 1.47. The van der Waals surface area contributed by atoms with Gasteiger partial charge in [-0.05, 0) is 65.6 Å². The zero-order valence-corrected chi connectivity index (χ0v) is 26.8. The van der Waals surface area contributed by atoms with Gasteiger partial charge in [-0.3, -0.25) is 0 Å². The molecule has 9 nitrogen and oxygen atoms in total. The molecule has 1 aliphatic rings. The van der Waals surface area contributed by atoms with Crippen molar-refractivity contribution in [3.05, 3.63) is 118 Å². The first-order chi connectivity index (χ1) is 22.3. The van der Waals surface area contributed by atoms with Gasteiger partial charge in [0.05, 0.1) is 45.5 Å². The third-order valence-corrected chi connectivity index (χ3v) is 7.94. The molecule has 0 saturated carbocycles. The molecule has 4 aromatic rings. The van der Waals surface area contributed by atoms with E-state index in [-0.39, 0.29) is 13.2 Å². The van der Waals surface area contributed by atoms with Crippen LogP contribution in [0.5, 0.6) is 23.0 Å². The van der Waals surface area contributed by atoms with Crippen molar-refractivity contribution in [3.8, 4) is 23.0 Å². The molecule has 4 aromatic carbocycles. The minimum atomic E-state index is -0.748. The highest BCUT2D eigenvalue weighted by atomic mass is 16.5. The fourth-order valence-corrected chi connectivity index (χ4v) is 5.65. The maximum atomic E-state index is 13.9. The van der Waals surface area contributed by atoms with Gasteiger partial charge in [0, 0.05) is 11.4 Å². The lowest BCUT2D eigenvalue weighted by Crippen LogP contribution is -2.32. The molecule has 0 amide bonds. The first kappa shape index (κ1) is 32.0. The van der Waals surface area contributed by atoms with Gasteiger partial charge in [0.2, 0.25) is 0 Å². The largest absolute Gasteiger partial charge is 0.493 e. The molecule has 0 radical (unpaired) electrons. The smallest absolute Gasteiger partial charge is 0.337 e. The number of rotatable bonds is 11. The number of hydrogen-bond donors (Lipinski definition) is 1. The number of hydrogen-bond acceptors (Lipinski definition) is 9. The lowest BCUT2D eigenvalue weighted by Gasteiger charge is -2.30. The summed E-state index contributed by atoms with van der Waals surface area (Å²) >= 11 is 0. The number of benzene rings is 4. The van der Waals surface area contributed by atoms with Crippen LogP contribution in [0.15, 0.2) is 101 Å². The minimum absolute atomic E-state index is 0.0117. The third-order valence-electron chi connectivity index (χ3n) is 7.94. The van der Waals surface area contributed by atoms with Crippen LogP contribution in [0.4, 0.5) is 0 Å². The number of esters is 2. The maximum absolute atomic E-state index is 13.9. The van der Waals surface area contributed by atoms with Crippen molar-refractivity contribution < 1.29 is 38.0 Å². The molecule has 9 heteroatoms. The fourth-order valence-electron chi connectivity index (χ4n) is 5.65. The Bertz CT molecular complexity index is 1750. The zero-order chi connectivity index (χ0) is 32.8. The molecule has 5 rings (SSSR count). The number of allylic oxidation sites excluding steroid dienone is 2. The molecule has 0 fully saturated rings. The van der Waals surface area contributed by atoms with E-state index < -0.39 is 17.9 Å². The quantitative estimate of drug-likeness (QED) is 0.185. The van der Waals surface area contributed by atoms with Crippen LogP contribution >= 0.6 is 0 Å². The van der Waals surface area contributed by atoms with Gasteiger partial charge in [-0.1, -0.05) is 54.6 Å². The van der Waals surface area contributed by atoms with Crippen molar-refractivity contribution in [2.45, 2.75) is 33.0 Å². The second-order valence-corrected chi connectivity index (χ2v) is 10.8. The van der Waals surface area contributed by atoms with E-state index >= 15 is 0 Å². The van der Waals surface area contributed by atoms with E-state index in [0.29, 0.717) is 45.5 Å². The summed E-state index contributed by atoms with van der Waals surface area (Å²) in [7, 11) is 6.21. The van der Waals surface area contributed by atoms with Crippen LogP contribution in [0, 0.1) is 0 Å². The zero-order valence-electron chi connectivity index (χ0n) is 26.8. The number of fused-ring (bicyclic) bond motifs is 1. The summed E-state index contributed by atoms with van der Waals surface area (Å²) in [6, 6.07) is 24.5. The summed E-state index contributed by atoms with van der Waals surface area (Å²) in [4.78, 5) is 27.8. The van der Waals surface area contributed by atoms with Crippen molar-refractivity contribution in [1.29, 1.82) is 0 Å². The third kappa shape index (κ3) is 6.63. The standard InChI is InChI=1S/C37H37NO8/c1-22-33(36(39)45-20-24-11-15-29(41-3)31(17-24)43-5)35(28-14-13-26-9-7-8-10-27(26)19-28)34(23(2)38-22)37(40)46-21-25-12-16-30(42-4)32(18-25)44-6/h7-19,35,38H,20-21H2,1-6H3. The molecule has 1 aliphatic heterocycles. The summed E-state index contributed by atoms with van der Waals surface area (Å²) < 4.78 is 33.2. The Morgan fingerprint density at radius 2 is 1.07 bits per heavy atom.